The number of aromatic amines is 1. The van der Waals surface area contributed by atoms with Crippen LogP contribution in [0.5, 0.6) is 11.5 Å². The molecule has 1 aliphatic rings. The molecule has 4 aromatic rings. The lowest BCUT2D eigenvalue weighted by Gasteiger charge is -2.00. The minimum absolute atomic E-state index is 0.170. The Bertz CT molecular complexity index is 1300. The Morgan fingerprint density at radius 2 is 2.00 bits per heavy atom. The number of carbonyl (C=O) groups excluding carboxylic acids is 1. The van der Waals surface area contributed by atoms with Gasteiger partial charge in [-0.1, -0.05) is 0 Å². The molecule has 0 fully saturated rings. The Hall–Kier alpha value is -4.61. The van der Waals surface area contributed by atoms with Gasteiger partial charge in [0.1, 0.15) is 12.4 Å². The van der Waals surface area contributed by atoms with Crippen molar-refractivity contribution >= 4 is 12.1 Å². The van der Waals surface area contributed by atoms with Crippen LogP contribution in [0.4, 0.5) is 4.39 Å². The lowest BCUT2D eigenvalue weighted by Crippen LogP contribution is -2.24. The fourth-order valence-electron chi connectivity index (χ4n) is 3.04. The van der Waals surface area contributed by atoms with Gasteiger partial charge >= 0.3 is 0 Å². The highest BCUT2D eigenvalue weighted by Crippen LogP contribution is 2.34. The lowest BCUT2D eigenvalue weighted by molar-refractivity contribution is -0.122. The minimum atomic E-state index is -0.442. The molecule has 5 rings (SSSR count). The van der Waals surface area contributed by atoms with E-state index in [0.717, 1.165) is 10.4 Å². The number of H-pyrrole nitrogens is 1. The average Bonchev–Trinajstić information content (AvgIpc) is 3.54. The Kier molecular flexibility index (Phi) is 5.00. The van der Waals surface area contributed by atoms with Crippen LogP contribution in [0.15, 0.2) is 53.8 Å². The fraction of sp³-hybridized carbons (Fsp3) is 0.100. The first-order valence-electron chi connectivity index (χ1n) is 9.45. The first-order valence-corrected chi connectivity index (χ1v) is 9.45. The molecule has 2 N–H and O–H groups in total. The van der Waals surface area contributed by atoms with Gasteiger partial charge in [0.2, 0.25) is 12.6 Å². The van der Waals surface area contributed by atoms with Gasteiger partial charge in [-0.15, -0.1) is 10.2 Å². The first-order chi connectivity index (χ1) is 15.7. The van der Waals surface area contributed by atoms with Crippen molar-refractivity contribution in [1.82, 2.24) is 35.8 Å². The van der Waals surface area contributed by atoms with E-state index in [-0.39, 0.29) is 19.2 Å². The molecular formula is C20H15FN8O3. The maximum absolute atomic E-state index is 13.1. The topological polar surface area (TPSA) is 132 Å². The summed E-state index contributed by atoms with van der Waals surface area (Å²) in [7, 11) is 0. The second-order valence-electron chi connectivity index (χ2n) is 6.71. The molecule has 160 valence electrons. The van der Waals surface area contributed by atoms with Gasteiger partial charge in [0, 0.05) is 16.7 Å². The maximum atomic E-state index is 13.1. The zero-order valence-corrected chi connectivity index (χ0v) is 16.4. The van der Waals surface area contributed by atoms with Crippen LogP contribution in [0, 0.1) is 5.82 Å². The fourth-order valence-corrected chi connectivity index (χ4v) is 3.04. The second kappa shape index (κ2) is 8.26. The number of rotatable bonds is 6. The number of nitrogens with one attached hydrogen (secondary N) is 2. The number of fused-ring (bicyclic) bond motifs is 1. The largest absolute Gasteiger partial charge is 0.454 e. The number of nitrogens with zero attached hydrogens (tertiary/aromatic N) is 6. The molecule has 12 heteroatoms. The van der Waals surface area contributed by atoms with Crippen LogP contribution in [0.2, 0.25) is 0 Å². The van der Waals surface area contributed by atoms with Crippen LogP contribution < -0.4 is 14.9 Å². The number of aromatic nitrogens is 6. The van der Waals surface area contributed by atoms with E-state index in [0.29, 0.717) is 34.1 Å². The second-order valence-corrected chi connectivity index (χ2v) is 6.71. The number of benzene rings is 2. The van der Waals surface area contributed by atoms with E-state index in [1.165, 1.54) is 18.3 Å². The smallest absolute Gasteiger partial charge is 0.263 e. The lowest BCUT2D eigenvalue weighted by atomic mass is 10.1. The zero-order valence-electron chi connectivity index (χ0n) is 16.4. The molecule has 2 aromatic carbocycles. The Morgan fingerprint density at radius 3 is 2.88 bits per heavy atom. The van der Waals surface area contributed by atoms with Gasteiger partial charge in [-0.05, 0) is 47.7 Å². The van der Waals surface area contributed by atoms with Crippen LogP contribution >= 0.6 is 0 Å². The molecule has 0 spiro atoms. The molecule has 0 bridgehead atoms. The molecule has 11 nitrogen and oxygen atoms in total. The van der Waals surface area contributed by atoms with E-state index in [9.17, 15) is 9.18 Å². The molecule has 32 heavy (non-hydrogen) atoms. The zero-order chi connectivity index (χ0) is 21.9. The van der Waals surface area contributed by atoms with Crippen LogP contribution in [0.25, 0.3) is 22.6 Å². The average molecular weight is 434 g/mol. The van der Waals surface area contributed by atoms with Gasteiger partial charge in [-0.2, -0.15) is 15.0 Å². The van der Waals surface area contributed by atoms with Crippen molar-refractivity contribution in [3.8, 4) is 34.1 Å². The van der Waals surface area contributed by atoms with Crippen LogP contribution in [0.3, 0.4) is 0 Å². The summed E-state index contributed by atoms with van der Waals surface area (Å²) in [6.45, 7) is -0.00506. The molecule has 1 aliphatic heterocycles. The highest BCUT2D eigenvalue weighted by atomic mass is 19.1. The summed E-state index contributed by atoms with van der Waals surface area (Å²) >= 11 is 0. The number of carbonyl (C=O) groups is 1. The number of hydrazone groups is 1. The van der Waals surface area contributed by atoms with E-state index < -0.39 is 5.91 Å². The summed E-state index contributed by atoms with van der Waals surface area (Å²) in [5.74, 6) is 0.826. The van der Waals surface area contributed by atoms with Gasteiger partial charge in [-0.25, -0.2) is 9.82 Å². The predicted molar refractivity (Wildman–Crippen MR) is 109 cm³/mol. The number of halogens is 1. The Morgan fingerprint density at radius 1 is 1.19 bits per heavy atom. The third kappa shape index (κ3) is 4.01. The molecule has 3 heterocycles. The van der Waals surface area contributed by atoms with Gasteiger partial charge < -0.3 is 9.47 Å². The number of ether oxygens (including phenoxy) is 2. The van der Waals surface area contributed by atoms with Crippen LogP contribution in [0.1, 0.15) is 5.56 Å². The van der Waals surface area contributed by atoms with Gasteiger partial charge in [0.15, 0.2) is 11.5 Å². The van der Waals surface area contributed by atoms with Gasteiger partial charge in [0.05, 0.1) is 18.1 Å². The van der Waals surface area contributed by atoms with E-state index in [1.807, 2.05) is 0 Å². The van der Waals surface area contributed by atoms with Crippen molar-refractivity contribution in [3.05, 3.63) is 60.0 Å². The number of tetrazole rings is 1. The van der Waals surface area contributed by atoms with E-state index in [1.54, 1.807) is 36.5 Å². The normalized spacial score (nSPS) is 12.4. The van der Waals surface area contributed by atoms with Crippen molar-refractivity contribution < 1.29 is 18.7 Å². The molecule has 1 amide bonds. The first kappa shape index (κ1) is 19.4. The molecular weight excluding hydrogens is 419 g/mol. The van der Waals surface area contributed by atoms with Crippen molar-refractivity contribution in [2.24, 2.45) is 5.10 Å². The third-order valence-corrected chi connectivity index (χ3v) is 4.56. The molecule has 0 radical (unpaired) electrons. The summed E-state index contributed by atoms with van der Waals surface area (Å²) in [5.41, 5.74) is 5.10. The summed E-state index contributed by atoms with van der Waals surface area (Å²) in [6.07, 6.45) is 2.98. The molecule has 0 unspecified atom stereocenters. The predicted octanol–water partition coefficient (Wildman–Crippen LogP) is 1.75. The third-order valence-electron chi connectivity index (χ3n) is 4.56. The highest BCUT2D eigenvalue weighted by Gasteiger charge is 2.16. The summed E-state index contributed by atoms with van der Waals surface area (Å²) in [5, 5.41) is 22.8. The summed E-state index contributed by atoms with van der Waals surface area (Å²) in [4.78, 5) is 13.3. The van der Waals surface area contributed by atoms with Crippen molar-refractivity contribution in [2.75, 3.05) is 6.79 Å². The molecule has 0 saturated heterocycles. The monoisotopic (exact) mass is 434 g/mol. The maximum Gasteiger partial charge on any atom is 0.263 e. The van der Waals surface area contributed by atoms with Crippen LogP contribution in [-0.2, 0) is 11.3 Å². The molecule has 2 aromatic heterocycles. The van der Waals surface area contributed by atoms with Crippen LogP contribution in [-0.4, -0.2) is 49.3 Å². The Balaban J connectivity index is 1.21. The highest BCUT2D eigenvalue weighted by molar-refractivity contribution is 5.89. The molecule has 0 atom stereocenters. The number of amides is 1. The minimum Gasteiger partial charge on any atom is -0.454 e. The van der Waals surface area contributed by atoms with E-state index in [2.05, 4.69) is 36.1 Å². The number of hydrogen-bond donors (Lipinski definition) is 2. The van der Waals surface area contributed by atoms with Crippen molar-refractivity contribution in [3.63, 3.8) is 0 Å². The van der Waals surface area contributed by atoms with Crippen molar-refractivity contribution in [2.45, 2.75) is 6.54 Å². The molecule has 0 saturated carbocycles. The van der Waals surface area contributed by atoms with Gasteiger partial charge in [-0.3, -0.25) is 9.89 Å². The summed E-state index contributed by atoms with van der Waals surface area (Å²) in [6, 6.07) is 11.2. The number of hydrogen-bond acceptors (Lipinski definition) is 8. The van der Waals surface area contributed by atoms with Gasteiger partial charge in [0.25, 0.3) is 5.91 Å². The van der Waals surface area contributed by atoms with E-state index >= 15 is 0 Å². The Labute approximate surface area is 179 Å². The van der Waals surface area contributed by atoms with E-state index in [4.69, 9.17) is 9.47 Å². The quantitative estimate of drug-likeness (QED) is 0.349. The SMILES string of the molecule is O=C(Cn1nnc(-c2ccc3c(c2)OCO3)n1)N/N=C/c1cn[nH]c1-c1ccc(F)cc1. The molecule has 0 aliphatic carbocycles. The summed E-state index contributed by atoms with van der Waals surface area (Å²) < 4.78 is 23.7. The van der Waals surface area contributed by atoms with Crippen molar-refractivity contribution in [1.29, 1.82) is 0 Å². The standard InChI is InChI=1S/C20H15FN8O3/c21-15-4-1-12(2-5-15)19-14(9-23-25-19)8-22-24-18(30)10-29-27-20(26-28-29)13-3-6-16-17(7-13)32-11-31-16/h1-9H,10-11H2,(H,23,25)(H,24,30)/b22-8+.